The first-order valence-electron chi connectivity index (χ1n) is 8.54. The van der Waals surface area contributed by atoms with Gasteiger partial charge in [-0.25, -0.2) is 14.4 Å². The molecule has 9 heteroatoms. The molecule has 4 rings (SSSR count). The van der Waals surface area contributed by atoms with Gasteiger partial charge in [-0.15, -0.1) is 10.2 Å². The van der Waals surface area contributed by atoms with Gasteiger partial charge in [0.05, 0.1) is 11.1 Å². The first-order valence-corrected chi connectivity index (χ1v) is 8.54. The summed E-state index contributed by atoms with van der Waals surface area (Å²) in [4.78, 5) is 8.43. The van der Waals surface area contributed by atoms with Gasteiger partial charge in [-0.2, -0.15) is 8.78 Å². The minimum atomic E-state index is -2.84. The Morgan fingerprint density at radius 3 is 2.37 bits per heavy atom. The smallest absolute Gasteiger partial charge is 0.314 e. The van der Waals surface area contributed by atoms with E-state index in [9.17, 15) is 13.2 Å². The molecule has 1 aromatic carbocycles. The lowest BCUT2D eigenvalue weighted by Gasteiger charge is -2.31. The Morgan fingerprint density at radius 2 is 1.74 bits per heavy atom. The lowest BCUT2D eigenvalue weighted by molar-refractivity contribution is 0.116. The molecule has 0 spiro atoms. The second-order valence-corrected chi connectivity index (χ2v) is 6.44. The van der Waals surface area contributed by atoms with E-state index in [4.69, 9.17) is 4.42 Å². The van der Waals surface area contributed by atoms with Crippen LogP contribution < -0.4 is 5.32 Å². The molecule has 2 aromatic heterocycles. The third-order valence-electron chi connectivity index (χ3n) is 4.72. The molecule has 1 N–H and O–H groups in total. The average Bonchev–Trinajstić information content (AvgIpc) is 3.33. The SMILES string of the molecule is Fc1ccccc1C1(Nc2ncc(-c3nnc(C(F)F)o3)cn2)CCCC1. The van der Waals surface area contributed by atoms with Gasteiger partial charge in [0.25, 0.3) is 11.8 Å². The maximum absolute atomic E-state index is 14.4. The van der Waals surface area contributed by atoms with Crippen molar-refractivity contribution in [2.75, 3.05) is 5.32 Å². The van der Waals surface area contributed by atoms with Crippen LogP contribution in [0.1, 0.15) is 43.6 Å². The summed E-state index contributed by atoms with van der Waals surface area (Å²) in [6.07, 6.45) is 3.44. The predicted octanol–water partition coefficient (Wildman–Crippen LogP) is 4.48. The van der Waals surface area contributed by atoms with E-state index < -0.39 is 17.9 Å². The van der Waals surface area contributed by atoms with Crippen LogP contribution in [0.15, 0.2) is 41.1 Å². The fraction of sp³-hybridized carbons (Fsp3) is 0.333. The predicted molar refractivity (Wildman–Crippen MR) is 90.4 cm³/mol. The molecule has 0 atom stereocenters. The highest BCUT2D eigenvalue weighted by molar-refractivity contribution is 5.51. The standard InChI is InChI=1S/C18H16F3N5O/c19-13-6-2-1-5-12(13)18(7-3-4-8-18)24-17-22-9-11(10-23-17)15-25-26-16(27-15)14(20)21/h1-2,5-6,9-10,14H,3-4,7-8H2,(H,22,23,24). The molecule has 0 bridgehead atoms. The number of anilines is 1. The van der Waals surface area contributed by atoms with Crippen LogP contribution in [0.25, 0.3) is 11.5 Å². The first-order chi connectivity index (χ1) is 13.1. The Bertz CT molecular complexity index is 923. The van der Waals surface area contributed by atoms with Gasteiger partial charge in [-0.1, -0.05) is 31.0 Å². The van der Waals surface area contributed by atoms with Crippen molar-refractivity contribution in [3.63, 3.8) is 0 Å². The van der Waals surface area contributed by atoms with Crippen molar-refractivity contribution < 1.29 is 17.6 Å². The minimum absolute atomic E-state index is 0.0819. The molecule has 1 aliphatic carbocycles. The normalized spacial score (nSPS) is 16.0. The molecule has 140 valence electrons. The van der Waals surface area contributed by atoms with E-state index in [-0.39, 0.29) is 11.7 Å². The van der Waals surface area contributed by atoms with E-state index in [0.29, 0.717) is 17.1 Å². The van der Waals surface area contributed by atoms with Crippen LogP contribution >= 0.6 is 0 Å². The largest absolute Gasteiger partial charge is 0.415 e. The summed E-state index contributed by atoms with van der Waals surface area (Å²) in [6, 6.07) is 6.68. The van der Waals surface area contributed by atoms with Crippen LogP contribution in [0.4, 0.5) is 19.1 Å². The molecule has 1 saturated carbocycles. The molecule has 6 nitrogen and oxygen atoms in total. The van der Waals surface area contributed by atoms with Crippen LogP contribution in [0.5, 0.6) is 0 Å². The van der Waals surface area contributed by atoms with Crippen LogP contribution in [-0.4, -0.2) is 20.2 Å². The number of hydrogen-bond acceptors (Lipinski definition) is 6. The van der Waals surface area contributed by atoms with Gasteiger partial charge in [0.15, 0.2) is 0 Å². The van der Waals surface area contributed by atoms with Crippen molar-refractivity contribution >= 4 is 5.95 Å². The third kappa shape index (κ3) is 3.36. The van der Waals surface area contributed by atoms with Gasteiger partial charge in [0, 0.05) is 18.0 Å². The Balaban J connectivity index is 1.59. The summed E-state index contributed by atoms with van der Waals surface area (Å²) in [6.45, 7) is 0. The molecule has 2 heterocycles. The van der Waals surface area contributed by atoms with Crippen molar-refractivity contribution in [1.29, 1.82) is 0 Å². The topological polar surface area (TPSA) is 76.7 Å². The quantitative estimate of drug-likeness (QED) is 0.708. The van der Waals surface area contributed by atoms with Gasteiger partial charge in [-0.05, 0) is 18.9 Å². The number of rotatable bonds is 5. The van der Waals surface area contributed by atoms with Crippen molar-refractivity contribution in [3.05, 3.63) is 53.9 Å². The average molecular weight is 375 g/mol. The van der Waals surface area contributed by atoms with E-state index in [1.165, 1.54) is 18.5 Å². The molecule has 27 heavy (non-hydrogen) atoms. The zero-order chi connectivity index (χ0) is 18.9. The monoisotopic (exact) mass is 375 g/mol. The molecular weight excluding hydrogens is 359 g/mol. The van der Waals surface area contributed by atoms with Gasteiger partial charge in [-0.3, -0.25) is 0 Å². The lowest BCUT2D eigenvalue weighted by atomic mass is 9.88. The summed E-state index contributed by atoms with van der Waals surface area (Å²) >= 11 is 0. The zero-order valence-electron chi connectivity index (χ0n) is 14.2. The molecule has 3 aromatic rings. The number of nitrogens with zero attached hydrogens (tertiary/aromatic N) is 4. The number of hydrogen-bond donors (Lipinski definition) is 1. The number of halogens is 3. The van der Waals surface area contributed by atoms with Crippen molar-refractivity contribution in [2.24, 2.45) is 0 Å². The Morgan fingerprint density at radius 1 is 1.04 bits per heavy atom. The number of nitrogens with one attached hydrogen (secondary N) is 1. The Hall–Kier alpha value is -2.97. The van der Waals surface area contributed by atoms with Crippen molar-refractivity contribution in [3.8, 4) is 11.5 Å². The number of alkyl halides is 2. The second-order valence-electron chi connectivity index (χ2n) is 6.44. The summed E-state index contributed by atoms with van der Waals surface area (Å²) in [7, 11) is 0. The van der Waals surface area contributed by atoms with Crippen molar-refractivity contribution in [2.45, 2.75) is 37.6 Å². The maximum atomic E-state index is 14.4. The van der Waals surface area contributed by atoms with Gasteiger partial charge >= 0.3 is 6.43 Å². The van der Waals surface area contributed by atoms with Crippen LogP contribution in [0, 0.1) is 5.82 Å². The third-order valence-corrected chi connectivity index (χ3v) is 4.72. The summed E-state index contributed by atoms with van der Waals surface area (Å²) in [5, 5.41) is 10.1. The number of benzene rings is 1. The van der Waals surface area contributed by atoms with Crippen LogP contribution in [0.2, 0.25) is 0 Å². The minimum Gasteiger partial charge on any atom is -0.415 e. The summed E-state index contributed by atoms with van der Waals surface area (Å²) < 4.78 is 44.4. The lowest BCUT2D eigenvalue weighted by Crippen LogP contribution is -2.34. The highest BCUT2D eigenvalue weighted by Gasteiger charge is 2.38. The highest BCUT2D eigenvalue weighted by Crippen LogP contribution is 2.42. The van der Waals surface area contributed by atoms with Crippen LogP contribution in [-0.2, 0) is 5.54 Å². The van der Waals surface area contributed by atoms with E-state index in [1.807, 2.05) is 0 Å². The summed E-state index contributed by atoms with van der Waals surface area (Å²) in [5.41, 5.74) is 0.347. The first kappa shape index (κ1) is 17.4. The second kappa shape index (κ2) is 6.98. The molecule has 0 unspecified atom stereocenters. The molecule has 0 amide bonds. The van der Waals surface area contributed by atoms with Gasteiger partial charge < -0.3 is 9.73 Å². The highest BCUT2D eigenvalue weighted by atomic mass is 19.3. The van der Waals surface area contributed by atoms with E-state index >= 15 is 0 Å². The van der Waals surface area contributed by atoms with Crippen LogP contribution in [0.3, 0.4) is 0 Å². The maximum Gasteiger partial charge on any atom is 0.314 e. The molecule has 1 aliphatic rings. The fourth-order valence-corrected chi connectivity index (χ4v) is 3.45. The van der Waals surface area contributed by atoms with Gasteiger partial charge in [0.2, 0.25) is 5.95 Å². The van der Waals surface area contributed by atoms with E-state index in [0.717, 1.165) is 25.7 Å². The fourth-order valence-electron chi connectivity index (χ4n) is 3.45. The molecule has 0 radical (unpaired) electrons. The van der Waals surface area contributed by atoms with E-state index in [2.05, 4.69) is 25.5 Å². The van der Waals surface area contributed by atoms with Gasteiger partial charge in [0.1, 0.15) is 5.82 Å². The number of aromatic nitrogens is 4. The van der Waals surface area contributed by atoms with Crippen molar-refractivity contribution in [1.82, 2.24) is 20.2 Å². The molecule has 1 fully saturated rings. The van der Waals surface area contributed by atoms with E-state index in [1.54, 1.807) is 18.2 Å². The zero-order valence-corrected chi connectivity index (χ0v) is 14.2. The molecule has 0 saturated heterocycles. The molecule has 0 aliphatic heterocycles. The summed E-state index contributed by atoms with van der Waals surface area (Å²) in [5.74, 6) is -0.787. The molecular formula is C18H16F3N5O. The Kier molecular flexibility index (Phi) is 4.51. The Labute approximate surface area is 152 Å².